The quantitative estimate of drug-likeness (QED) is 0.731. The highest BCUT2D eigenvalue weighted by Crippen LogP contribution is 2.28. The molecule has 2 aromatic carbocycles. The number of carbonyl (C=O) groups is 1. The lowest BCUT2D eigenvalue weighted by atomic mass is 9.95. The Morgan fingerprint density at radius 2 is 1.92 bits per heavy atom. The molecule has 6 heteroatoms. The summed E-state index contributed by atoms with van der Waals surface area (Å²) in [6.45, 7) is 3.63. The first-order valence-corrected chi connectivity index (χ1v) is 8.31. The van der Waals surface area contributed by atoms with Crippen LogP contribution < -0.4 is 5.32 Å². The molecular weight excluding hydrogens is 338 g/mol. The minimum Gasteiger partial charge on any atom is -0.425 e. The van der Waals surface area contributed by atoms with Crippen molar-refractivity contribution < 1.29 is 9.21 Å². The van der Waals surface area contributed by atoms with Gasteiger partial charge in [-0.3, -0.25) is 4.79 Å². The van der Waals surface area contributed by atoms with Crippen LogP contribution in [0.5, 0.6) is 0 Å². The summed E-state index contributed by atoms with van der Waals surface area (Å²) in [5.41, 5.74) is 2.60. The number of amides is 1. The number of nitrogens with one attached hydrogen (secondary N) is 1. The monoisotopic (exact) mass is 355 g/mol. The Bertz CT molecular complexity index is 877. The lowest BCUT2D eigenvalue weighted by Gasteiger charge is -2.14. The molecule has 0 radical (unpaired) electrons. The van der Waals surface area contributed by atoms with Crippen molar-refractivity contribution in [3.8, 4) is 0 Å². The maximum absolute atomic E-state index is 12.6. The molecule has 0 aliphatic heterocycles. The third kappa shape index (κ3) is 4.25. The third-order valence-electron chi connectivity index (χ3n) is 3.89. The third-order valence-corrected chi connectivity index (χ3v) is 4.13. The lowest BCUT2D eigenvalue weighted by Crippen LogP contribution is -2.17. The van der Waals surface area contributed by atoms with Gasteiger partial charge in [-0.2, -0.15) is 0 Å². The predicted octanol–water partition coefficient (Wildman–Crippen LogP) is 4.50. The Morgan fingerprint density at radius 3 is 2.56 bits per heavy atom. The zero-order valence-corrected chi connectivity index (χ0v) is 14.7. The smallest absolute Gasteiger partial charge is 0.225 e. The van der Waals surface area contributed by atoms with Crippen LogP contribution in [0.15, 0.2) is 52.9 Å². The van der Waals surface area contributed by atoms with Gasteiger partial charge in [-0.05, 0) is 36.2 Å². The van der Waals surface area contributed by atoms with Crippen LogP contribution in [0.1, 0.15) is 35.2 Å². The lowest BCUT2D eigenvalue weighted by molar-refractivity contribution is -0.116. The number of hydrogen-bond donors (Lipinski definition) is 1. The van der Waals surface area contributed by atoms with Gasteiger partial charge in [0.2, 0.25) is 17.7 Å². The molecule has 1 N–H and O–H groups in total. The molecule has 0 saturated heterocycles. The van der Waals surface area contributed by atoms with Gasteiger partial charge in [0, 0.05) is 24.1 Å². The van der Waals surface area contributed by atoms with Crippen molar-refractivity contribution in [3.05, 3.63) is 76.5 Å². The van der Waals surface area contributed by atoms with E-state index in [1.807, 2.05) is 43.3 Å². The van der Waals surface area contributed by atoms with E-state index in [0.717, 1.165) is 16.8 Å². The van der Waals surface area contributed by atoms with Crippen LogP contribution in [0.25, 0.3) is 0 Å². The number of anilines is 1. The van der Waals surface area contributed by atoms with Gasteiger partial charge in [0.1, 0.15) is 0 Å². The number of rotatable bonds is 5. The van der Waals surface area contributed by atoms with Gasteiger partial charge in [-0.1, -0.05) is 41.9 Å². The molecule has 0 aliphatic rings. The number of aromatic nitrogens is 2. The van der Waals surface area contributed by atoms with Gasteiger partial charge in [0.25, 0.3) is 0 Å². The SMILES string of the molecule is Cc1nnc(C(CC(=O)Nc2ccc(Cl)cc2C)c2ccccc2)o1. The Hall–Kier alpha value is -2.66. The maximum atomic E-state index is 12.6. The first-order valence-electron chi connectivity index (χ1n) is 7.94. The van der Waals surface area contributed by atoms with Gasteiger partial charge in [0.05, 0.1) is 5.92 Å². The Kier molecular flexibility index (Phi) is 5.14. The number of halogens is 1. The molecule has 1 unspecified atom stereocenters. The number of hydrogen-bond acceptors (Lipinski definition) is 4. The van der Waals surface area contributed by atoms with Crippen LogP contribution >= 0.6 is 11.6 Å². The van der Waals surface area contributed by atoms with Crippen LogP contribution in [-0.2, 0) is 4.79 Å². The van der Waals surface area contributed by atoms with Crippen LogP contribution in [0.3, 0.4) is 0 Å². The highest BCUT2D eigenvalue weighted by molar-refractivity contribution is 6.30. The molecule has 0 fully saturated rings. The summed E-state index contributed by atoms with van der Waals surface area (Å²) in [6, 6.07) is 15.0. The fourth-order valence-electron chi connectivity index (χ4n) is 2.64. The van der Waals surface area contributed by atoms with Gasteiger partial charge in [0.15, 0.2) is 0 Å². The fourth-order valence-corrected chi connectivity index (χ4v) is 2.87. The number of carbonyl (C=O) groups excluding carboxylic acids is 1. The second-order valence-corrected chi connectivity index (χ2v) is 6.27. The van der Waals surface area contributed by atoms with Crippen LogP contribution in [0.4, 0.5) is 5.69 Å². The van der Waals surface area contributed by atoms with Crippen molar-refractivity contribution in [2.75, 3.05) is 5.32 Å². The molecule has 25 heavy (non-hydrogen) atoms. The van der Waals surface area contributed by atoms with Crippen LogP contribution in [0.2, 0.25) is 5.02 Å². The van der Waals surface area contributed by atoms with E-state index >= 15 is 0 Å². The molecule has 3 aromatic rings. The van der Waals surface area contributed by atoms with Gasteiger partial charge in [-0.15, -0.1) is 10.2 Å². The first-order chi connectivity index (χ1) is 12.0. The molecule has 1 aromatic heterocycles. The van der Waals surface area contributed by atoms with E-state index in [-0.39, 0.29) is 18.2 Å². The van der Waals surface area contributed by atoms with Crippen molar-refractivity contribution in [1.29, 1.82) is 0 Å². The Morgan fingerprint density at radius 1 is 1.16 bits per heavy atom. The first kappa shape index (κ1) is 17.2. The highest BCUT2D eigenvalue weighted by atomic mass is 35.5. The maximum Gasteiger partial charge on any atom is 0.225 e. The second kappa shape index (κ2) is 7.49. The normalized spacial score (nSPS) is 12.0. The molecule has 0 saturated carbocycles. The van der Waals surface area contributed by atoms with E-state index in [9.17, 15) is 4.79 Å². The molecule has 0 spiro atoms. The predicted molar refractivity (Wildman–Crippen MR) is 96.8 cm³/mol. The number of benzene rings is 2. The van der Waals surface area contributed by atoms with E-state index in [0.29, 0.717) is 16.8 Å². The van der Waals surface area contributed by atoms with Gasteiger partial charge >= 0.3 is 0 Å². The average Bonchev–Trinajstić information content (AvgIpc) is 3.02. The molecule has 0 aliphatic carbocycles. The summed E-state index contributed by atoms with van der Waals surface area (Å²) in [5, 5.41) is 11.5. The molecule has 128 valence electrons. The van der Waals surface area contributed by atoms with Gasteiger partial charge < -0.3 is 9.73 Å². The average molecular weight is 356 g/mol. The van der Waals surface area contributed by atoms with Crippen LogP contribution in [-0.4, -0.2) is 16.1 Å². The number of nitrogens with zero attached hydrogens (tertiary/aromatic N) is 2. The van der Waals surface area contributed by atoms with E-state index in [1.165, 1.54) is 0 Å². The zero-order valence-electron chi connectivity index (χ0n) is 14.0. The van der Waals surface area contributed by atoms with E-state index < -0.39 is 0 Å². The molecule has 1 heterocycles. The van der Waals surface area contributed by atoms with Crippen LogP contribution in [0, 0.1) is 13.8 Å². The molecule has 5 nitrogen and oxygen atoms in total. The van der Waals surface area contributed by atoms with Crippen molar-refractivity contribution in [2.45, 2.75) is 26.2 Å². The summed E-state index contributed by atoms with van der Waals surface area (Å²) in [4.78, 5) is 12.6. The van der Waals surface area contributed by atoms with Gasteiger partial charge in [-0.25, -0.2) is 0 Å². The number of aryl methyl sites for hydroxylation is 2. The molecule has 1 amide bonds. The Labute approximate surface area is 151 Å². The summed E-state index contributed by atoms with van der Waals surface area (Å²) in [6.07, 6.45) is 0.202. The van der Waals surface area contributed by atoms with Crippen molar-refractivity contribution in [3.63, 3.8) is 0 Å². The molecule has 3 rings (SSSR count). The largest absolute Gasteiger partial charge is 0.425 e. The van der Waals surface area contributed by atoms with E-state index in [1.54, 1.807) is 19.1 Å². The zero-order chi connectivity index (χ0) is 17.8. The highest BCUT2D eigenvalue weighted by Gasteiger charge is 2.23. The second-order valence-electron chi connectivity index (χ2n) is 5.83. The molecule has 0 bridgehead atoms. The molecular formula is C19H18ClN3O2. The minimum absolute atomic E-state index is 0.130. The minimum atomic E-state index is -0.296. The standard InChI is InChI=1S/C19H18ClN3O2/c1-12-10-15(20)8-9-17(12)21-18(24)11-16(14-6-4-3-5-7-14)19-23-22-13(2)25-19/h3-10,16H,11H2,1-2H3,(H,21,24). The van der Waals surface area contributed by atoms with Crippen molar-refractivity contribution in [2.24, 2.45) is 0 Å². The van der Waals surface area contributed by atoms with Crippen molar-refractivity contribution >= 4 is 23.2 Å². The summed E-state index contributed by atoms with van der Waals surface area (Å²) in [7, 11) is 0. The van der Waals surface area contributed by atoms with E-state index in [2.05, 4.69) is 15.5 Å². The fraction of sp³-hybridized carbons (Fsp3) is 0.211. The summed E-state index contributed by atoms with van der Waals surface area (Å²) >= 11 is 5.96. The topological polar surface area (TPSA) is 68.0 Å². The van der Waals surface area contributed by atoms with E-state index in [4.69, 9.17) is 16.0 Å². The summed E-state index contributed by atoms with van der Waals surface area (Å²) < 4.78 is 5.57. The Balaban J connectivity index is 1.81. The molecule has 1 atom stereocenters. The van der Waals surface area contributed by atoms with Crippen molar-refractivity contribution in [1.82, 2.24) is 10.2 Å². The summed E-state index contributed by atoms with van der Waals surface area (Å²) in [5.74, 6) is 0.488.